The first-order chi connectivity index (χ1) is 8.90. The van der Waals surface area contributed by atoms with Gasteiger partial charge in [0.1, 0.15) is 5.25 Å². The van der Waals surface area contributed by atoms with E-state index >= 15 is 0 Å². The Morgan fingerprint density at radius 2 is 2.32 bits per heavy atom. The maximum absolute atomic E-state index is 11.7. The van der Waals surface area contributed by atoms with Crippen LogP contribution in [0.1, 0.15) is 24.0 Å². The number of rotatable bonds is 5. The van der Waals surface area contributed by atoms with Gasteiger partial charge in [-0.2, -0.15) is 0 Å². The lowest BCUT2D eigenvalue weighted by atomic mass is 10.3. The van der Waals surface area contributed by atoms with Crippen LogP contribution in [0.15, 0.2) is 5.38 Å². The molecular weight excluding hydrogens is 308 g/mol. The highest BCUT2D eigenvalue weighted by molar-refractivity contribution is 8.14. The molecule has 1 aromatic heterocycles. The van der Waals surface area contributed by atoms with Crippen LogP contribution >= 0.6 is 22.0 Å². The van der Waals surface area contributed by atoms with Gasteiger partial charge in [0, 0.05) is 42.0 Å². The molecule has 2 rings (SSSR count). The van der Waals surface area contributed by atoms with Crippen molar-refractivity contribution in [2.75, 3.05) is 13.1 Å². The number of thiazole rings is 1. The van der Waals surface area contributed by atoms with E-state index in [0.717, 1.165) is 17.1 Å². The smallest absolute Gasteiger partial charge is 0.237 e. The fraction of sp³-hybridized carbons (Fsp3) is 0.636. The summed E-state index contributed by atoms with van der Waals surface area (Å²) >= 11 is 1.61. The number of likely N-dealkylation sites (tertiary alicyclic amines) is 1. The van der Waals surface area contributed by atoms with Crippen molar-refractivity contribution in [1.82, 2.24) is 9.88 Å². The molecule has 106 valence electrons. The number of aryl methyl sites for hydroxylation is 1. The first kappa shape index (κ1) is 14.7. The summed E-state index contributed by atoms with van der Waals surface area (Å²) in [4.78, 5) is 17.7. The minimum atomic E-state index is -3.66. The molecule has 2 heterocycles. The molecule has 1 unspecified atom stereocenters. The van der Waals surface area contributed by atoms with Gasteiger partial charge >= 0.3 is 0 Å². The van der Waals surface area contributed by atoms with Gasteiger partial charge in [-0.15, -0.1) is 11.3 Å². The number of amides is 1. The van der Waals surface area contributed by atoms with Crippen LogP contribution in [0.5, 0.6) is 0 Å². The minimum absolute atomic E-state index is 0.0108. The SMILES string of the molecule is CCc1nc(CCN2CC(S(=O)(=O)Cl)CC2=O)cs1. The van der Waals surface area contributed by atoms with E-state index < -0.39 is 14.3 Å². The standard InChI is InChI=1S/C11H15ClN2O3S2/c1-2-10-13-8(7-18-10)3-4-14-6-9(5-11(14)15)19(12,16)17/h7,9H,2-6H2,1H3. The predicted octanol–water partition coefficient (Wildman–Crippen LogP) is 1.42. The molecule has 1 aliphatic rings. The molecule has 8 heteroatoms. The molecule has 19 heavy (non-hydrogen) atoms. The monoisotopic (exact) mass is 322 g/mol. The molecule has 1 aromatic rings. The summed E-state index contributed by atoms with van der Waals surface area (Å²) in [6.45, 7) is 2.73. The minimum Gasteiger partial charge on any atom is -0.341 e. The van der Waals surface area contributed by atoms with Crippen molar-refractivity contribution < 1.29 is 13.2 Å². The van der Waals surface area contributed by atoms with Gasteiger partial charge in [0.05, 0.1) is 10.7 Å². The number of halogens is 1. The molecule has 0 bridgehead atoms. The summed E-state index contributed by atoms with van der Waals surface area (Å²) in [5.74, 6) is -0.153. The van der Waals surface area contributed by atoms with E-state index in [1.54, 1.807) is 16.2 Å². The summed E-state index contributed by atoms with van der Waals surface area (Å²) in [5.41, 5.74) is 0.951. The molecule has 0 aromatic carbocycles. The van der Waals surface area contributed by atoms with Crippen LogP contribution in [0.2, 0.25) is 0 Å². The van der Waals surface area contributed by atoms with E-state index in [9.17, 15) is 13.2 Å². The Hall–Kier alpha value is -0.660. The fourth-order valence-corrected chi connectivity index (χ4v) is 3.85. The second-order valence-electron chi connectivity index (χ2n) is 4.48. The van der Waals surface area contributed by atoms with E-state index in [4.69, 9.17) is 10.7 Å². The molecule has 0 aliphatic carbocycles. The second kappa shape index (κ2) is 5.76. The lowest BCUT2D eigenvalue weighted by molar-refractivity contribution is -0.127. The van der Waals surface area contributed by atoms with Crippen LogP contribution in [0.4, 0.5) is 0 Å². The quantitative estimate of drug-likeness (QED) is 0.769. The summed E-state index contributed by atoms with van der Waals surface area (Å²) in [6.07, 6.45) is 1.54. The molecule has 0 radical (unpaired) electrons. The number of carbonyl (C=O) groups is 1. The summed E-state index contributed by atoms with van der Waals surface area (Å²) in [6, 6.07) is 0. The van der Waals surface area contributed by atoms with Crippen LogP contribution in [-0.4, -0.2) is 42.5 Å². The van der Waals surface area contributed by atoms with Gasteiger partial charge in [-0.05, 0) is 6.42 Å². The van der Waals surface area contributed by atoms with Crippen molar-refractivity contribution in [3.8, 4) is 0 Å². The lowest BCUT2D eigenvalue weighted by Crippen LogP contribution is -2.29. The molecule has 1 amide bonds. The second-order valence-corrected chi connectivity index (χ2v) is 8.33. The van der Waals surface area contributed by atoms with E-state index in [-0.39, 0.29) is 18.9 Å². The van der Waals surface area contributed by atoms with Gasteiger partial charge in [-0.1, -0.05) is 6.92 Å². The van der Waals surface area contributed by atoms with Crippen molar-refractivity contribution in [2.24, 2.45) is 0 Å². The zero-order valence-corrected chi connectivity index (χ0v) is 12.9. The Morgan fingerprint density at radius 3 is 2.84 bits per heavy atom. The Bertz CT molecular complexity index is 570. The molecule has 0 N–H and O–H groups in total. The molecule has 1 aliphatic heterocycles. The van der Waals surface area contributed by atoms with Crippen molar-refractivity contribution in [3.63, 3.8) is 0 Å². The van der Waals surface area contributed by atoms with Gasteiger partial charge in [-0.3, -0.25) is 4.79 Å². The lowest BCUT2D eigenvalue weighted by Gasteiger charge is -2.14. The number of nitrogens with zero attached hydrogens (tertiary/aromatic N) is 2. The maximum atomic E-state index is 11.7. The van der Waals surface area contributed by atoms with Crippen molar-refractivity contribution in [3.05, 3.63) is 16.1 Å². The third kappa shape index (κ3) is 3.67. The summed E-state index contributed by atoms with van der Waals surface area (Å²) < 4.78 is 22.4. The number of carbonyl (C=O) groups excluding carboxylic acids is 1. The summed E-state index contributed by atoms with van der Waals surface area (Å²) in [5, 5.41) is 2.28. The molecule has 1 saturated heterocycles. The highest BCUT2D eigenvalue weighted by Gasteiger charge is 2.36. The zero-order chi connectivity index (χ0) is 14.0. The molecule has 1 fully saturated rings. The predicted molar refractivity (Wildman–Crippen MR) is 75.0 cm³/mol. The van der Waals surface area contributed by atoms with E-state index in [2.05, 4.69) is 4.98 Å². The molecule has 0 saturated carbocycles. The first-order valence-corrected chi connectivity index (χ1v) is 9.30. The van der Waals surface area contributed by atoms with Crippen molar-refractivity contribution >= 4 is 37.0 Å². The normalized spacial score (nSPS) is 20.2. The van der Waals surface area contributed by atoms with E-state index in [0.29, 0.717) is 13.0 Å². The number of hydrogen-bond donors (Lipinski definition) is 0. The van der Waals surface area contributed by atoms with Gasteiger partial charge in [-0.25, -0.2) is 13.4 Å². The summed E-state index contributed by atoms with van der Waals surface area (Å²) in [7, 11) is 1.64. The Kier molecular flexibility index (Phi) is 4.47. The van der Waals surface area contributed by atoms with Crippen LogP contribution in [0.3, 0.4) is 0 Å². The van der Waals surface area contributed by atoms with Gasteiger partial charge in [0.25, 0.3) is 0 Å². The average molecular weight is 323 g/mol. The van der Waals surface area contributed by atoms with Gasteiger partial charge in [0.15, 0.2) is 0 Å². The van der Waals surface area contributed by atoms with Gasteiger partial charge in [0.2, 0.25) is 15.0 Å². The van der Waals surface area contributed by atoms with Gasteiger partial charge < -0.3 is 4.90 Å². The van der Waals surface area contributed by atoms with Crippen LogP contribution in [-0.2, 0) is 26.7 Å². The Labute approximate surface area is 121 Å². The Balaban J connectivity index is 1.92. The third-order valence-corrected chi connectivity index (χ3v) is 6.03. The topological polar surface area (TPSA) is 67.3 Å². The van der Waals surface area contributed by atoms with Crippen LogP contribution in [0, 0.1) is 0 Å². The molecule has 0 spiro atoms. The fourth-order valence-electron chi connectivity index (χ4n) is 2.02. The average Bonchev–Trinajstić information content (AvgIpc) is 2.92. The first-order valence-electron chi connectivity index (χ1n) is 6.04. The highest BCUT2D eigenvalue weighted by Crippen LogP contribution is 2.21. The van der Waals surface area contributed by atoms with Crippen LogP contribution in [0.25, 0.3) is 0 Å². The Morgan fingerprint density at radius 1 is 1.58 bits per heavy atom. The van der Waals surface area contributed by atoms with Crippen LogP contribution < -0.4 is 0 Å². The molecular formula is C11H15ClN2O3S2. The van der Waals surface area contributed by atoms with Crippen molar-refractivity contribution in [1.29, 1.82) is 0 Å². The highest BCUT2D eigenvalue weighted by atomic mass is 35.7. The maximum Gasteiger partial charge on any atom is 0.237 e. The largest absolute Gasteiger partial charge is 0.341 e. The third-order valence-electron chi connectivity index (χ3n) is 3.12. The van der Waals surface area contributed by atoms with Crippen molar-refractivity contribution in [2.45, 2.75) is 31.4 Å². The van der Waals surface area contributed by atoms with E-state index in [1.807, 2.05) is 12.3 Å². The molecule has 5 nitrogen and oxygen atoms in total. The molecule has 1 atom stereocenters. The zero-order valence-electron chi connectivity index (χ0n) is 10.5. The van der Waals surface area contributed by atoms with E-state index in [1.165, 1.54) is 0 Å². The number of hydrogen-bond acceptors (Lipinski definition) is 5. The number of aromatic nitrogens is 1.